The molecule has 3 aromatic rings. The molecule has 1 heterocycles. The van der Waals surface area contributed by atoms with Crippen molar-refractivity contribution in [2.45, 2.75) is 6.61 Å². The third-order valence-electron chi connectivity index (χ3n) is 3.39. The molecule has 0 unspecified atom stereocenters. The Morgan fingerprint density at radius 2 is 1.92 bits per heavy atom. The molecule has 0 radical (unpaired) electrons. The number of rotatable bonds is 6. The Morgan fingerprint density at radius 1 is 1.12 bits per heavy atom. The SMILES string of the molecule is O=C(/C=C/c1ccc(COc2cccc(Br)c2)o1)c1ccc(Cl)cc1. The Kier molecular flexibility index (Phi) is 5.74. The van der Waals surface area contributed by atoms with Gasteiger partial charge in [0, 0.05) is 15.1 Å². The number of carbonyl (C=O) groups is 1. The first kappa shape index (κ1) is 17.5. The van der Waals surface area contributed by atoms with Crippen LogP contribution in [0.15, 0.2) is 75.6 Å². The van der Waals surface area contributed by atoms with Crippen LogP contribution in [0.1, 0.15) is 21.9 Å². The molecule has 0 saturated carbocycles. The largest absolute Gasteiger partial charge is 0.486 e. The van der Waals surface area contributed by atoms with Gasteiger partial charge in [-0.15, -0.1) is 0 Å². The topological polar surface area (TPSA) is 39.4 Å². The van der Waals surface area contributed by atoms with E-state index in [0.717, 1.165) is 10.2 Å². The lowest BCUT2D eigenvalue weighted by Gasteiger charge is -2.04. The lowest BCUT2D eigenvalue weighted by molar-refractivity contribution is 0.104. The van der Waals surface area contributed by atoms with Crippen molar-refractivity contribution < 1.29 is 13.9 Å². The van der Waals surface area contributed by atoms with Crippen LogP contribution in [-0.4, -0.2) is 5.78 Å². The van der Waals surface area contributed by atoms with E-state index in [1.54, 1.807) is 36.4 Å². The Balaban J connectivity index is 1.59. The average Bonchev–Trinajstić information content (AvgIpc) is 3.06. The molecular formula is C20H14BrClO3. The zero-order valence-electron chi connectivity index (χ0n) is 13.1. The van der Waals surface area contributed by atoms with Crippen LogP contribution in [0.3, 0.4) is 0 Å². The molecule has 0 amide bonds. The molecule has 0 N–H and O–H groups in total. The summed E-state index contributed by atoms with van der Waals surface area (Å²) in [5, 5.41) is 0.599. The number of hydrogen-bond acceptors (Lipinski definition) is 3. The van der Waals surface area contributed by atoms with Crippen molar-refractivity contribution in [3.8, 4) is 5.75 Å². The van der Waals surface area contributed by atoms with Gasteiger partial charge in [0.1, 0.15) is 23.9 Å². The van der Waals surface area contributed by atoms with Gasteiger partial charge in [-0.3, -0.25) is 4.79 Å². The van der Waals surface area contributed by atoms with Crippen LogP contribution >= 0.6 is 27.5 Å². The first-order valence-corrected chi connectivity index (χ1v) is 8.72. The molecule has 0 aliphatic rings. The van der Waals surface area contributed by atoms with Gasteiger partial charge in [-0.25, -0.2) is 0 Å². The minimum absolute atomic E-state index is 0.111. The summed E-state index contributed by atoms with van der Waals surface area (Å²) in [4.78, 5) is 12.1. The lowest BCUT2D eigenvalue weighted by Crippen LogP contribution is -1.93. The van der Waals surface area contributed by atoms with E-state index < -0.39 is 0 Å². The van der Waals surface area contributed by atoms with Crippen molar-refractivity contribution in [2.75, 3.05) is 0 Å². The quantitative estimate of drug-likeness (QED) is 0.355. The van der Waals surface area contributed by atoms with Crippen LogP contribution in [0.5, 0.6) is 5.75 Å². The van der Waals surface area contributed by atoms with Crippen LogP contribution in [0, 0.1) is 0 Å². The molecule has 0 saturated heterocycles. The molecule has 3 nitrogen and oxygen atoms in total. The standard InChI is InChI=1S/C20H14BrClO3/c21-15-2-1-3-18(12-15)24-13-19-9-8-17(25-19)10-11-20(23)14-4-6-16(22)7-5-14/h1-12H,13H2/b11-10+. The summed E-state index contributed by atoms with van der Waals surface area (Å²) in [6, 6.07) is 18.0. The summed E-state index contributed by atoms with van der Waals surface area (Å²) in [5.74, 6) is 1.91. The normalized spacial score (nSPS) is 11.0. The number of benzene rings is 2. The average molecular weight is 418 g/mol. The number of hydrogen-bond donors (Lipinski definition) is 0. The van der Waals surface area contributed by atoms with Gasteiger partial charge in [-0.1, -0.05) is 33.6 Å². The molecule has 5 heteroatoms. The Hall–Kier alpha value is -2.30. The summed E-state index contributed by atoms with van der Waals surface area (Å²) in [6.07, 6.45) is 3.11. The molecule has 0 atom stereocenters. The molecule has 0 aliphatic carbocycles. The predicted molar refractivity (Wildman–Crippen MR) is 102 cm³/mol. The Bertz CT molecular complexity index is 897. The van der Waals surface area contributed by atoms with Crippen LogP contribution in [-0.2, 0) is 6.61 Å². The Morgan fingerprint density at radius 3 is 2.68 bits per heavy atom. The fourth-order valence-electron chi connectivity index (χ4n) is 2.14. The summed E-state index contributed by atoms with van der Waals surface area (Å²) < 4.78 is 12.3. The molecule has 2 aromatic carbocycles. The number of carbonyl (C=O) groups excluding carboxylic acids is 1. The summed E-state index contributed by atoms with van der Waals surface area (Å²) in [6.45, 7) is 0.315. The fourth-order valence-corrected chi connectivity index (χ4v) is 2.65. The van der Waals surface area contributed by atoms with E-state index in [4.69, 9.17) is 20.8 Å². The van der Waals surface area contributed by atoms with E-state index in [9.17, 15) is 4.79 Å². The summed E-state index contributed by atoms with van der Waals surface area (Å²) in [7, 11) is 0. The fraction of sp³-hybridized carbons (Fsp3) is 0.0500. The van der Waals surface area contributed by atoms with Crippen molar-refractivity contribution >= 4 is 39.4 Å². The zero-order chi connectivity index (χ0) is 17.6. The van der Waals surface area contributed by atoms with Gasteiger partial charge in [-0.2, -0.15) is 0 Å². The van der Waals surface area contributed by atoms with E-state index in [1.807, 2.05) is 30.3 Å². The molecule has 0 spiro atoms. The van der Waals surface area contributed by atoms with Crippen molar-refractivity contribution in [2.24, 2.45) is 0 Å². The summed E-state index contributed by atoms with van der Waals surface area (Å²) in [5.41, 5.74) is 0.574. The van der Waals surface area contributed by atoms with E-state index in [0.29, 0.717) is 28.7 Å². The predicted octanol–water partition coefficient (Wildman–Crippen LogP) is 6.17. The second-order valence-electron chi connectivity index (χ2n) is 5.25. The van der Waals surface area contributed by atoms with Gasteiger partial charge in [0.2, 0.25) is 0 Å². The molecule has 0 bridgehead atoms. The van der Waals surface area contributed by atoms with Gasteiger partial charge in [-0.05, 0) is 66.7 Å². The van der Waals surface area contributed by atoms with E-state index in [2.05, 4.69) is 15.9 Å². The van der Waals surface area contributed by atoms with Gasteiger partial charge in [0.25, 0.3) is 0 Å². The Labute approximate surface area is 159 Å². The third kappa shape index (κ3) is 5.08. The first-order valence-electron chi connectivity index (χ1n) is 7.55. The highest BCUT2D eigenvalue weighted by Gasteiger charge is 2.04. The minimum Gasteiger partial charge on any atom is -0.486 e. The minimum atomic E-state index is -0.111. The van der Waals surface area contributed by atoms with Gasteiger partial charge in [0.05, 0.1) is 0 Å². The van der Waals surface area contributed by atoms with Crippen molar-refractivity contribution in [1.29, 1.82) is 0 Å². The smallest absolute Gasteiger partial charge is 0.185 e. The second kappa shape index (κ2) is 8.19. The monoisotopic (exact) mass is 416 g/mol. The molecular weight excluding hydrogens is 404 g/mol. The molecule has 1 aromatic heterocycles. The van der Waals surface area contributed by atoms with E-state index >= 15 is 0 Å². The van der Waals surface area contributed by atoms with Crippen LogP contribution in [0.25, 0.3) is 6.08 Å². The number of ether oxygens (including phenoxy) is 1. The number of ketones is 1. The lowest BCUT2D eigenvalue weighted by atomic mass is 10.1. The maximum Gasteiger partial charge on any atom is 0.185 e. The number of furan rings is 1. The maximum atomic E-state index is 12.1. The summed E-state index contributed by atoms with van der Waals surface area (Å²) >= 11 is 9.21. The first-order chi connectivity index (χ1) is 12.1. The third-order valence-corrected chi connectivity index (χ3v) is 4.13. The highest BCUT2D eigenvalue weighted by atomic mass is 79.9. The highest BCUT2D eigenvalue weighted by Crippen LogP contribution is 2.20. The van der Waals surface area contributed by atoms with Crippen molar-refractivity contribution in [3.05, 3.63) is 93.3 Å². The van der Waals surface area contributed by atoms with E-state index in [1.165, 1.54) is 6.08 Å². The highest BCUT2D eigenvalue weighted by molar-refractivity contribution is 9.10. The number of halogens is 2. The molecule has 0 fully saturated rings. The van der Waals surface area contributed by atoms with Crippen LogP contribution in [0.4, 0.5) is 0 Å². The molecule has 126 valence electrons. The van der Waals surface area contributed by atoms with E-state index in [-0.39, 0.29) is 5.78 Å². The van der Waals surface area contributed by atoms with Gasteiger partial charge < -0.3 is 9.15 Å². The van der Waals surface area contributed by atoms with Gasteiger partial charge in [0.15, 0.2) is 5.78 Å². The van der Waals surface area contributed by atoms with Crippen LogP contribution in [0.2, 0.25) is 5.02 Å². The zero-order valence-corrected chi connectivity index (χ0v) is 15.5. The molecule has 25 heavy (non-hydrogen) atoms. The molecule has 0 aliphatic heterocycles. The van der Waals surface area contributed by atoms with Crippen LogP contribution < -0.4 is 4.74 Å². The van der Waals surface area contributed by atoms with Crippen molar-refractivity contribution in [3.63, 3.8) is 0 Å². The number of allylic oxidation sites excluding steroid dienone is 1. The molecule has 3 rings (SSSR count). The van der Waals surface area contributed by atoms with Crippen molar-refractivity contribution in [1.82, 2.24) is 0 Å². The maximum absolute atomic E-state index is 12.1. The second-order valence-corrected chi connectivity index (χ2v) is 6.61. The van der Waals surface area contributed by atoms with Gasteiger partial charge >= 0.3 is 0 Å².